The van der Waals surface area contributed by atoms with Gasteiger partial charge >= 0.3 is 5.97 Å². The molecule has 6 nitrogen and oxygen atoms in total. The van der Waals surface area contributed by atoms with E-state index in [0.717, 1.165) is 12.0 Å². The summed E-state index contributed by atoms with van der Waals surface area (Å²) in [5.74, 6) is 0.423. The van der Waals surface area contributed by atoms with Gasteiger partial charge in [-0.1, -0.05) is 78.8 Å². The molecule has 0 aromatic heterocycles. The van der Waals surface area contributed by atoms with Crippen LogP contribution in [0, 0.1) is 5.92 Å². The van der Waals surface area contributed by atoms with Crippen LogP contribution in [0.3, 0.4) is 0 Å². The number of hydrogen-bond acceptors (Lipinski definition) is 6. The van der Waals surface area contributed by atoms with Crippen molar-refractivity contribution in [2.45, 2.75) is 123 Å². The third kappa shape index (κ3) is 9.13. The van der Waals surface area contributed by atoms with Crippen LogP contribution in [0.5, 0.6) is 5.75 Å². The number of carbonyl (C=O) groups excluding carboxylic acids is 2. The predicted molar refractivity (Wildman–Crippen MR) is 169 cm³/mol. The van der Waals surface area contributed by atoms with Gasteiger partial charge in [0.05, 0.1) is 6.10 Å². The summed E-state index contributed by atoms with van der Waals surface area (Å²) in [4.78, 5) is 28.1. The molecule has 1 aliphatic rings. The molecule has 0 aliphatic carbocycles. The van der Waals surface area contributed by atoms with Crippen molar-refractivity contribution < 1.29 is 23.2 Å². The van der Waals surface area contributed by atoms with Crippen LogP contribution in [0.15, 0.2) is 47.6 Å². The lowest BCUT2D eigenvalue weighted by molar-refractivity contribution is 0.00943. The zero-order valence-corrected chi connectivity index (χ0v) is 28.6. The van der Waals surface area contributed by atoms with Crippen molar-refractivity contribution in [3.63, 3.8) is 0 Å². The predicted octanol–water partition coefficient (Wildman–Crippen LogP) is 8.75. The summed E-state index contributed by atoms with van der Waals surface area (Å²) in [5, 5.41) is 0.0215. The smallest absolute Gasteiger partial charge is 0.342 e. The topological polar surface area (TPSA) is 74.2 Å². The Labute approximate surface area is 244 Å². The van der Waals surface area contributed by atoms with E-state index in [1.807, 2.05) is 18.2 Å². The van der Waals surface area contributed by atoms with Gasteiger partial charge in [-0.05, 0) is 66.7 Å². The molecule has 0 spiro atoms. The van der Waals surface area contributed by atoms with E-state index in [9.17, 15) is 9.59 Å². The Morgan fingerprint density at radius 1 is 1.05 bits per heavy atom. The van der Waals surface area contributed by atoms with Crippen molar-refractivity contribution in [1.82, 2.24) is 0 Å². The Bertz CT molecular complexity index is 1120. The first-order valence-electron chi connectivity index (χ1n) is 14.5. The maximum atomic E-state index is 14.0. The number of fused-ring (bicyclic) bond motifs is 1. The Morgan fingerprint density at radius 2 is 1.70 bits per heavy atom. The number of allylic oxidation sites excluding steroid dienone is 2. The lowest BCUT2D eigenvalue weighted by Crippen LogP contribution is -2.46. The molecular formula is C32H51NO5Si2. The number of hydrogen-bond donors (Lipinski definition) is 0. The highest BCUT2D eigenvalue weighted by molar-refractivity contribution is 6.75. The molecule has 0 radical (unpaired) electrons. The van der Waals surface area contributed by atoms with Gasteiger partial charge < -0.3 is 13.6 Å². The normalized spacial score (nSPS) is 22.4. The standard InChI is InChI=1S/C32H51NO5Si2/c1-24-16-12-13-17-25-18-14-20-27(37-39(8,9)31(2,3)4)29(25)30(35)36-26(19-15-21-33-23-34)22-28(24)38-40(10,11)32(5,6)7/h12-15,18,20-21,24,26,28H,16-17,19,22H2,1-11H3/b13-12+,21-15+/t24-,26-,28+/m0/s1. The highest BCUT2D eigenvalue weighted by Crippen LogP contribution is 2.41. The van der Waals surface area contributed by atoms with E-state index in [-0.39, 0.29) is 22.1 Å². The minimum Gasteiger partial charge on any atom is -0.543 e. The Kier molecular flexibility index (Phi) is 11.5. The van der Waals surface area contributed by atoms with Crippen molar-refractivity contribution in [2.75, 3.05) is 0 Å². The van der Waals surface area contributed by atoms with Gasteiger partial charge in [0.2, 0.25) is 6.08 Å². The average molecular weight is 586 g/mol. The van der Waals surface area contributed by atoms with Crippen LogP contribution in [0.2, 0.25) is 36.3 Å². The van der Waals surface area contributed by atoms with Crippen molar-refractivity contribution >= 4 is 28.7 Å². The van der Waals surface area contributed by atoms with E-state index >= 15 is 0 Å². The molecule has 0 unspecified atom stereocenters. The number of rotatable bonds is 7. The first kappa shape index (κ1) is 33.9. The average Bonchev–Trinajstić information content (AvgIpc) is 2.81. The molecule has 0 fully saturated rings. The van der Waals surface area contributed by atoms with Gasteiger partial charge in [-0.25, -0.2) is 9.59 Å². The highest BCUT2D eigenvalue weighted by Gasteiger charge is 2.42. The van der Waals surface area contributed by atoms with E-state index in [0.29, 0.717) is 30.6 Å². The van der Waals surface area contributed by atoms with Crippen molar-refractivity contribution in [1.29, 1.82) is 0 Å². The number of carbonyl (C=O) groups is 1. The molecule has 2 rings (SSSR count). The summed E-state index contributed by atoms with van der Waals surface area (Å²) in [5.41, 5.74) is 1.38. The van der Waals surface area contributed by atoms with Gasteiger partial charge in [0.15, 0.2) is 8.32 Å². The molecule has 0 N–H and O–H groups in total. The van der Waals surface area contributed by atoms with E-state index in [2.05, 4.69) is 91.8 Å². The van der Waals surface area contributed by atoms with E-state index < -0.39 is 28.7 Å². The number of isocyanates is 1. The fourth-order valence-corrected chi connectivity index (χ4v) is 6.54. The number of ether oxygens (including phenoxy) is 1. The second-order valence-corrected chi connectivity index (χ2v) is 23.5. The second kappa shape index (κ2) is 13.6. The summed E-state index contributed by atoms with van der Waals surface area (Å²) >= 11 is 0. The zero-order valence-electron chi connectivity index (χ0n) is 26.6. The number of benzene rings is 1. The van der Waals surface area contributed by atoms with Gasteiger partial charge in [-0.15, -0.1) is 0 Å². The maximum Gasteiger partial charge on any atom is 0.342 e. The van der Waals surface area contributed by atoms with E-state index in [4.69, 9.17) is 13.6 Å². The van der Waals surface area contributed by atoms with Crippen LogP contribution in [-0.2, 0) is 20.4 Å². The molecule has 0 amide bonds. The molecule has 1 aromatic carbocycles. The highest BCUT2D eigenvalue weighted by atomic mass is 28.4. The van der Waals surface area contributed by atoms with Crippen molar-refractivity contribution in [2.24, 2.45) is 10.9 Å². The molecule has 0 bridgehead atoms. The lowest BCUT2D eigenvalue weighted by Gasteiger charge is -2.41. The molecule has 8 heteroatoms. The maximum absolute atomic E-state index is 14.0. The zero-order chi connectivity index (χ0) is 30.4. The fourth-order valence-electron chi connectivity index (χ4n) is 4.07. The summed E-state index contributed by atoms with van der Waals surface area (Å²) < 4.78 is 19.9. The molecule has 3 atom stereocenters. The van der Waals surface area contributed by atoms with E-state index in [1.54, 1.807) is 6.08 Å². The fraction of sp³-hybridized carbons (Fsp3) is 0.625. The van der Waals surface area contributed by atoms with Crippen molar-refractivity contribution in [3.8, 4) is 5.75 Å². The van der Waals surface area contributed by atoms with E-state index in [1.165, 1.54) is 12.3 Å². The minimum absolute atomic E-state index is 0.0260. The van der Waals surface area contributed by atoms with Crippen molar-refractivity contribution in [3.05, 3.63) is 53.8 Å². The van der Waals surface area contributed by atoms with Gasteiger partial charge in [-0.3, -0.25) is 0 Å². The SMILES string of the molecule is C[C@H]1C/C=C/Cc2cccc(O[Si](C)(C)C(C)(C)C)c2C(=O)O[C@@H](C/C=C/N=C=O)C[C@H]1O[Si](C)(C)C(C)(C)C. The molecule has 40 heavy (non-hydrogen) atoms. The third-order valence-corrected chi connectivity index (χ3v) is 17.6. The number of esters is 1. The van der Waals surface area contributed by atoms with Gasteiger partial charge in [0.25, 0.3) is 8.32 Å². The molecule has 1 aliphatic heterocycles. The third-order valence-electron chi connectivity index (χ3n) is 8.79. The Morgan fingerprint density at radius 3 is 2.30 bits per heavy atom. The van der Waals surface area contributed by atoms with Crippen LogP contribution >= 0.6 is 0 Å². The summed E-state index contributed by atoms with van der Waals surface area (Å²) in [6.45, 7) is 24.3. The van der Waals surface area contributed by atoms with Crippen LogP contribution in [0.4, 0.5) is 0 Å². The van der Waals surface area contributed by atoms with Crippen LogP contribution in [0.1, 0.15) is 83.7 Å². The number of nitrogens with zero attached hydrogens (tertiary/aromatic N) is 1. The monoisotopic (exact) mass is 585 g/mol. The van der Waals surface area contributed by atoms with Gasteiger partial charge in [0.1, 0.15) is 17.4 Å². The molecule has 0 saturated carbocycles. The molecule has 222 valence electrons. The summed E-state index contributed by atoms with van der Waals surface area (Å²) in [7, 11) is -4.31. The molecule has 1 aromatic rings. The Hall–Kier alpha value is -2.26. The first-order chi connectivity index (χ1) is 18.4. The Balaban J connectivity index is 2.56. The van der Waals surface area contributed by atoms with Crippen LogP contribution in [-0.4, -0.2) is 40.9 Å². The first-order valence-corrected chi connectivity index (χ1v) is 20.3. The molecular weight excluding hydrogens is 535 g/mol. The largest absolute Gasteiger partial charge is 0.543 e. The summed E-state index contributed by atoms with van der Waals surface area (Å²) in [6.07, 6.45) is 10.9. The summed E-state index contributed by atoms with van der Waals surface area (Å²) in [6, 6.07) is 5.82. The minimum atomic E-state index is -2.22. The van der Waals surface area contributed by atoms with Gasteiger partial charge in [0, 0.05) is 19.0 Å². The quantitative estimate of drug-likeness (QED) is 0.105. The van der Waals surface area contributed by atoms with Crippen LogP contribution in [0.25, 0.3) is 0 Å². The van der Waals surface area contributed by atoms with Gasteiger partial charge in [-0.2, -0.15) is 4.99 Å². The molecule has 0 saturated heterocycles. The number of cyclic esters (lactones) is 1. The lowest BCUT2D eigenvalue weighted by atomic mass is 9.93. The molecule has 1 heterocycles. The number of aliphatic imine (C=N–C) groups is 1. The second-order valence-electron chi connectivity index (χ2n) is 14.1. The van der Waals surface area contributed by atoms with Crippen LogP contribution < -0.4 is 4.43 Å².